The molecule has 3 nitrogen and oxygen atoms in total. The van der Waals surface area contributed by atoms with Gasteiger partial charge < -0.3 is 15.6 Å². The minimum absolute atomic E-state index is 0.315. The van der Waals surface area contributed by atoms with Gasteiger partial charge in [-0.3, -0.25) is 0 Å². The molecule has 3 N–H and O–H groups in total. The molecule has 0 bridgehead atoms. The van der Waals surface area contributed by atoms with Crippen LogP contribution in [0.25, 0.3) is 0 Å². The van der Waals surface area contributed by atoms with Crippen LogP contribution in [0.3, 0.4) is 0 Å². The summed E-state index contributed by atoms with van der Waals surface area (Å²) in [4.78, 5) is 0. The summed E-state index contributed by atoms with van der Waals surface area (Å²) in [6, 6.07) is 4.23. The maximum absolute atomic E-state index is 10.8. The Labute approximate surface area is 109 Å². The van der Waals surface area contributed by atoms with Gasteiger partial charge in [0.15, 0.2) is 0 Å². The maximum Gasteiger partial charge on any atom is 0.0886 e. The Bertz CT molecular complexity index is 413. The Morgan fingerprint density at radius 3 is 2.39 bits per heavy atom. The minimum atomic E-state index is -0.536. The highest BCUT2D eigenvalue weighted by Crippen LogP contribution is 2.42. The summed E-state index contributed by atoms with van der Waals surface area (Å²) in [5, 5.41) is 10.8. The summed E-state index contributed by atoms with van der Waals surface area (Å²) in [6.07, 6.45) is 0.294. The van der Waals surface area contributed by atoms with Crippen LogP contribution in [-0.2, 0) is 4.74 Å². The second-order valence-corrected chi connectivity index (χ2v) is 5.58. The third kappa shape index (κ3) is 2.18. The average Bonchev–Trinajstić information content (AvgIpc) is 2.77. The molecule has 0 spiro atoms. The highest BCUT2D eigenvalue weighted by molar-refractivity contribution is 5.40. The highest BCUT2D eigenvalue weighted by Gasteiger charge is 2.42. The number of benzene rings is 1. The van der Waals surface area contributed by atoms with Crippen molar-refractivity contribution in [3.05, 3.63) is 34.4 Å². The van der Waals surface area contributed by atoms with Crippen molar-refractivity contribution in [2.45, 2.75) is 33.3 Å². The van der Waals surface area contributed by atoms with Crippen LogP contribution < -0.4 is 5.73 Å². The summed E-state index contributed by atoms with van der Waals surface area (Å²) < 4.78 is 5.46. The van der Waals surface area contributed by atoms with Gasteiger partial charge in [0.2, 0.25) is 0 Å². The quantitative estimate of drug-likeness (QED) is 0.861. The fraction of sp³-hybridized carbons (Fsp3) is 0.600. The lowest BCUT2D eigenvalue weighted by Gasteiger charge is -2.33. The number of ether oxygens (including phenoxy) is 1. The van der Waals surface area contributed by atoms with E-state index >= 15 is 0 Å². The zero-order chi connectivity index (χ0) is 13.3. The fourth-order valence-corrected chi connectivity index (χ4v) is 3.04. The van der Waals surface area contributed by atoms with E-state index in [0.717, 1.165) is 23.1 Å². The van der Waals surface area contributed by atoms with Gasteiger partial charge in [-0.2, -0.15) is 0 Å². The standard InChI is InChI=1S/C15H23NO2/c1-10-6-11(2)13(12(3)7-10)14(17)15(8-16)4-5-18-9-15/h6-7,14,17H,4-5,8-9,16H2,1-3H3. The third-order valence-corrected chi connectivity index (χ3v) is 4.13. The lowest BCUT2D eigenvalue weighted by atomic mass is 9.76. The van der Waals surface area contributed by atoms with Crippen LogP contribution in [0.5, 0.6) is 0 Å². The van der Waals surface area contributed by atoms with E-state index in [1.54, 1.807) is 0 Å². The number of aliphatic hydroxyl groups excluding tert-OH is 1. The van der Waals surface area contributed by atoms with Gasteiger partial charge >= 0.3 is 0 Å². The third-order valence-electron chi connectivity index (χ3n) is 4.13. The zero-order valence-corrected chi connectivity index (χ0v) is 11.5. The van der Waals surface area contributed by atoms with Crippen LogP contribution in [-0.4, -0.2) is 24.9 Å². The molecule has 1 fully saturated rings. The first kappa shape index (κ1) is 13.5. The summed E-state index contributed by atoms with van der Waals surface area (Å²) in [5.41, 5.74) is 10.1. The SMILES string of the molecule is Cc1cc(C)c(C(O)C2(CN)CCOC2)c(C)c1. The van der Waals surface area contributed by atoms with Crippen molar-refractivity contribution >= 4 is 0 Å². The normalized spacial score (nSPS) is 25.4. The molecule has 2 atom stereocenters. The van der Waals surface area contributed by atoms with E-state index in [1.165, 1.54) is 5.56 Å². The average molecular weight is 249 g/mol. The molecule has 18 heavy (non-hydrogen) atoms. The van der Waals surface area contributed by atoms with Crippen LogP contribution >= 0.6 is 0 Å². The fourth-order valence-electron chi connectivity index (χ4n) is 3.04. The lowest BCUT2D eigenvalue weighted by Crippen LogP contribution is -2.38. The van der Waals surface area contributed by atoms with E-state index in [1.807, 2.05) is 0 Å². The molecule has 1 aromatic carbocycles. The second kappa shape index (κ2) is 5.00. The molecule has 1 heterocycles. The van der Waals surface area contributed by atoms with E-state index in [9.17, 15) is 5.11 Å². The summed E-state index contributed by atoms with van der Waals surface area (Å²) >= 11 is 0. The molecule has 1 aromatic rings. The molecule has 0 amide bonds. The van der Waals surface area contributed by atoms with Gasteiger partial charge in [-0.15, -0.1) is 0 Å². The van der Waals surface area contributed by atoms with Gasteiger partial charge in [0.05, 0.1) is 12.7 Å². The molecule has 0 radical (unpaired) electrons. The first-order valence-corrected chi connectivity index (χ1v) is 6.54. The van der Waals surface area contributed by atoms with Crippen LogP contribution in [0.2, 0.25) is 0 Å². The first-order valence-electron chi connectivity index (χ1n) is 6.54. The monoisotopic (exact) mass is 249 g/mol. The Balaban J connectivity index is 2.42. The largest absolute Gasteiger partial charge is 0.388 e. The van der Waals surface area contributed by atoms with Crippen molar-refractivity contribution in [1.82, 2.24) is 0 Å². The van der Waals surface area contributed by atoms with Crippen molar-refractivity contribution in [3.63, 3.8) is 0 Å². The van der Waals surface area contributed by atoms with Gasteiger partial charge in [0, 0.05) is 18.6 Å². The van der Waals surface area contributed by atoms with Gasteiger partial charge in [0.25, 0.3) is 0 Å². The van der Waals surface area contributed by atoms with E-state index in [0.29, 0.717) is 19.8 Å². The molecule has 100 valence electrons. The molecular weight excluding hydrogens is 226 g/mol. The summed E-state index contributed by atoms with van der Waals surface area (Å²) in [5.74, 6) is 0. The van der Waals surface area contributed by atoms with Gasteiger partial charge in [-0.25, -0.2) is 0 Å². The molecule has 2 unspecified atom stereocenters. The molecular formula is C15H23NO2. The minimum Gasteiger partial charge on any atom is -0.388 e. The molecule has 0 aromatic heterocycles. The molecule has 1 aliphatic rings. The summed E-state index contributed by atoms with van der Waals surface area (Å²) in [6.45, 7) is 7.89. The van der Waals surface area contributed by atoms with Crippen molar-refractivity contribution in [3.8, 4) is 0 Å². The van der Waals surface area contributed by atoms with E-state index in [2.05, 4.69) is 32.9 Å². The molecule has 0 aliphatic carbocycles. The smallest absolute Gasteiger partial charge is 0.0886 e. The van der Waals surface area contributed by atoms with Gasteiger partial charge in [-0.05, 0) is 43.9 Å². The van der Waals surface area contributed by atoms with Crippen molar-refractivity contribution in [2.75, 3.05) is 19.8 Å². The van der Waals surface area contributed by atoms with Gasteiger partial charge in [-0.1, -0.05) is 17.7 Å². The number of hydrogen-bond acceptors (Lipinski definition) is 3. The van der Waals surface area contributed by atoms with E-state index in [-0.39, 0.29) is 5.41 Å². The van der Waals surface area contributed by atoms with E-state index < -0.39 is 6.10 Å². The Hall–Kier alpha value is -0.900. The van der Waals surface area contributed by atoms with Crippen LogP contribution in [0.4, 0.5) is 0 Å². The van der Waals surface area contributed by atoms with Crippen LogP contribution in [0, 0.1) is 26.2 Å². The predicted molar refractivity (Wildman–Crippen MR) is 72.5 cm³/mol. The topological polar surface area (TPSA) is 55.5 Å². The lowest BCUT2D eigenvalue weighted by molar-refractivity contribution is 0.0183. The van der Waals surface area contributed by atoms with E-state index in [4.69, 9.17) is 10.5 Å². The Morgan fingerprint density at radius 2 is 1.94 bits per heavy atom. The van der Waals surface area contributed by atoms with Crippen LogP contribution in [0.15, 0.2) is 12.1 Å². The number of nitrogens with two attached hydrogens (primary N) is 1. The molecule has 3 heteroatoms. The molecule has 2 rings (SSSR count). The number of rotatable bonds is 3. The maximum atomic E-state index is 10.8. The molecule has 1 saturated heterocycles. The molecule has 0 saturated carbocycles. The van der Waals surface area contributed by atoms with Crippen molar-refractivity contribution < 1.29 is 9.84 Å². The highest BCUT2D eigenvalue weighted by atomic mass is 16.5. The Kier molecular flexibility index (Phi) is 3.76. The number of aryl methyl sites for hydroxylation is 3. The summed E-state index contributed by atoms with van der Waals surface area (Å²) in [7, 11) is 0. The molecule has 1 aliphatic heterocycles. The second-order valence-electron chi connectivity index (χ2n) is 5.58. The zero-order valence-electron chi connectivity index (χ0n) is 11.5. The Morgan fingerprint density at radius 1 is 1.33 bits per heavy atom. The number of hydrogen-bond donors (Lipinski definition) is 2. The van der Waals surface area contributed by atoms with Crippen LogP contribution in [0.1, 0.15) is 34.8 Å². The first-order chi connectivity index (χ1) is 8.50. The predicted octanol–water partition coefficient (Wildman–Crippen LogP) is 2.01. The number of aliphatic hydroxyl groups is 1. The van der Waals surface area contributed by atoms with Gasteiger partial charge in [0.1, 0.15) is 0 Å². The van der Waals surface area contributed by atoms with Crippen molar-refractivity contribution in [2.24, 2.45) is 11.1 Å². The van der Waals surface area contributed by atoms with Crippen molar-refractivity contribution in [1.29, 1.82) is 0 Å².